The minimum atomic E-state index is -0.750. The number of pyridine rings is 1. The van der Waals surface area contributed by atoms with E-state index in [1.807, 2.05) is 6.92 Å². The van der Waals surface area contributed by atoms with E-state index < -0.39 is 24.0 Å². The van der Waals surface area contributed by atoms with Crippen molar-refractivity contribution in [1.82, 2.24) is 15.6 Å². The van der Waals surface area contributed by atoms with Gasteiger partial charge in [-0.2, -0.15) is 0 Å². The molecule has 35 heavy (non-hydrogen) atoms. The number of carbonyl (C=O) groups excluding carboxylic acids is 3. The predicted octanol–water partition coefficient (Wildman–Crippen LogP) is 5.10. The number of amides is 2. The number of esters is 2. The Morgan fingerprint density at radius 2 is 1.83 bits per heavy atom. The van der Waals surface area contributed by atoms with Crippen LogP contribution >= 0.6 is 11.6 Å². The van der Waals surface area contributed by atoms with Gasteiger partial charge in [0, 0.05) is 18.1 Å². The molecule has 1 aromatic heterocycles. The lowest BCUT2D eigenvalue weighted by atomic mass is 9.90. The second kappa shape index (κ2) is 11.4. The van der Waals surface area contributed by atoms with E-state index >= 15 is 0 Å². The molecule has 1 aromatic carbocycles. The van der Waals surface area contributed by atoms with Crippen molar-refractivity contribution in [2.24, 2.45) is 5.92 Å². The quantitative estimate of drug-likeness (QED) is 0.407. The SMILES string of the molecule is CCC1=C(C(=O)OCC2CCCCC2)[C@H](c2ccc(OC(=O)c3ccncc3)c(Cl)c2)NC(=O)N1. The highest BCUT2D eigenvalue weighted by molar-refractivity contribution is 6.32. The third kappa shape index (κ3) is 6.00. The van der Waals surface area contributed by atoms with Crippen LogP contribution in [-0.4, -0.2) is 29.6 Å². The number of hydrogen-bond acceptors (Lipinski definition) is 6. The Kier molecular flexibility index (Phi) is 8.02. The molecule has 1 fully saturated rings. The molecule has 2 heterocycles. The molecule has 1 aliphatic heterocycles. The third-order valence-electron chi connectivity index (χ3n) is 6.31. The van der Waals surface area contributed by atoms with Gasteiger partial charge in [0.15, 0.2) is 0 Å². The molecule has 0 radical (unpaired) electrons. The third-order valence-corrected chi connectivity index (χ3v) is 6.61. The van der Waals surface area contributed by atoms with Crippen LogP contribution in [0.2, 0.25) is 5.02 Å². The van der Waals surface area contributed by atoms with E-state index in [-0.39, 0.29) is 10.8 Å². The summed E-state index contributed by atoms with van der Waals surface area (Å²) < 4.78 is 11.1. The second-order valence-corrected chi connectivity index (χ2v) is 9.10. The molecule has 9 heteroatoms. The number of allylic oxidation sites excluding steroid dienone is 1. The van der Waals surface area contributed by atoms with Crippen LogP contribution in [0.15, 0.2) is 54.0 Å². The van der Waals surface area contributed by atoms with Gasteiger partial charge in [0.25, 0.3) is 0 Å². The van der Waals surface area contributed by atoms with Gasteiger partial charge in [-0.25, -0.2) is 14.4 Å². The number of halogens is 1. The summed E-state index contributed by atoms with van der Waals surface area (Å²) in [7, 11) is 0. The van der Waals surface area contributed by atoms with Gasteiger partial charge in [0.2, 0.25) is 0 Å². The number of rotatable bonds is 7. The minimum Gasteiger partial charge on any atom is -0.462 e. The van der Waals surface area contributed by atoms with E-state index in [0.29, 0.717) is 41.3 Å². The monoisotopic (exact) mass is 497 g/mol. The van der Waals surface area contributed by atoms with Crippen LogP contribution in [0, 0.1) is 5.92 Å². The zero-order valence-corrected chi connectivity index (χ0v) is 20.3. The van der Waals surface area contributed by atoms with Gasteiger partial charge in [-0.1, -0.05) is 43.9 Å². The van der Waals surface area contributed by atoms with E-state index in [1.54, 1.807) is 18.2 Å². The van der Waals surface area contributed by atoms with E-state index in [9.17, 15) is 14.4 Å². The Hall–Kier alpha value is -3.39. The highest BCUT2D eigenvalue weighted by atomic mass is 35.5. The molecule has 2 aromatic rings. The number of benzene rings is 1. The van der Waals surface area contributed by atoms with Gasteiger partial charge in [0.05, 0.1) is 28.8 Å². The van der Waals surface area contributed by atoms with Gasteiger partial charge in [-0.3, -0.25) is 4.98 Å². The maximum atomic E-state index is 13.2. The van der Waals surface area contributed by atoms with Crippen LogP contribution < -0.4 is 15.4 Å². The van der Waals surface area contributed by atoms with Crippen molar-refractivity contribution >= 4 is 29.6 Å². The van der Waals surface area contributed by atoms with Crippen LogP contribution in [0.4, 0.5) is 4.79 Å². The molecule has 0 saturated heterocycles. The molecule has 0 bridgehead atoms. The smallest absolute Gasteiger partial charge is 0.343 e. The van der Waals surface area contributed by atoms with Gasteiger partial charge >= 0.3 is 18.0 Å². The Morgan fingerprint density at radius 3 is 2.51 bits per heavy atom. The molecule has 1 aliphatic carbocycles. The van der Waals surface area contributed by atoms with Crippen molar-refractivity contribution < 1.29 is 23.9 Å². The average molecular weight is 498 g/mol. The van der Waals surface area contributed by atoms with E-state index in [1.165, 1.54) is 30.9 Å². The van der Waals surface area contributed by atoms with Gasteiger partial charge in [0.1, 0.15) is 5.75 Å². The molecule has 2 aliphatic rings. The largest absolute Gasteiger partial charge is 0.462 e. The first kappa shape index (κ1) is 24.7. The standard InChI is InChI=1S/C26H28ClN3O5/c1-2-20-22(25(32)34-15-16-6-4-3-5-7-16)23(30-26(33)29-20)18-8-9-21(19(27)14-18)35-24(31)17-10-12-28-13-11-17/h8-14,16,23H,2-7,15H2,1H3,(H2,29,30,33)/t23-/m0/s1. The summed E-state index contributed by atoms with van der Waals surface area (Å²) in [6, 6.07) is 6.70. The minimum absolute atomic E-state index is 0.165. The maximum absolute atomic E-state index is 13.2. The molecular weight excluding hydrogens is 470 g/mol. The molecule has 0 unspecified atom stereocenters. The number of hydrogen-bond donors (Lipinski definition) is 2. The molecule has 4 rings (SSSR count). The van der Waals surface area contributed by atoms with E-state index in [2.05, 4.69) is 15.6 Å². The zero-order valence-electron chi connectivity index (χ0n) is 19.5. The van der Waals surface area contributed by atoms with Crippen LogP contribution in [0.5, 0.6) is 5.75 Å². The molecule has 2 amide bonds. The fourth-order valence-corrected chi connectivity index (χ4v) is 4.67. The summed E-state index contributed by atoms with van der Waals surface area (Å²) >= 11 is 6.43. The summed E-state index contributed by atoms with van der Waals surface area (Å²) in [6.07, 6.45) is 9.09. The number of ether oxygens (including phenoxy) is 2. The summed E-state index contributed by atoms with van der Waals surface area (Å²) in [4.78, 5) is 41.8. The van der Waals surface area contributed by atoms with Crippen LogP contribution in [0.3, 0.4) is 0 Å². The number of urea groups is 1. The van der Waals surface area contributed by atoms with E-state index in [0.717, 1.165) is 25.7 Å². The number of nitrogens with zero attached hydrogens (tertiary/aromatic N) is 1. The predicted molar refractivity (Wildman–Crippen MR) is 130 cm³/mol. The first-order chi connectivity index (χ1) is 17.0. The first-order valence-electron chi connectivity index (χ1n) is 11.9. The molecule has 1 atom stereocenters. The van der Waals surface area contributed by atoms with Crippen LogP contribution in [0.25, 0.3) is 0 Å². The fourth-order valence-electron chi connectivity index (χ4n) is 4.44. The van der Waals surface area contributed by atoms with Crippen molar-refractivity contribution in [3.05, 3.63) is 70.1 Å². The summed E-state index contributed by atoms with van der Waals surface area (Å²) in [5.41, 5.74) is 1.77. The van der Waals surface area contributed by atoms with Crippen molar-refractivity contribution in [2.45, 2.75) is 51.5 Å². The van der Waals surface area contributed by atoms with E-state index in [4.69, 9.17) is 21.1 Å². The Bertz CT molecular complexity index is 1130. The summed E-state index contributed by atoms with van der Waals surface area (Å²) in [5, 5.41) is 5.70. The molecule has 8 nitrogen and oxygen atoms in total. The van der Waals surface area contributed by atoms with Crippen molar-refractivity contribution in [3.8, 4) is 5.75 Å². The lowest BCUT2D eigenvalue weighted by molar-refractivity contribution is -0.141. The highest BCUT2D eigenvalue weighted by Crippen LogP contribution is 2.34. The first-order valence-corrected chi connectivity index (χ1v) is 12.2. The molecule has 2 N–H and O–H groups in total. The Labute approximate surface area is 209 Å². The van der Waals surface area contributed by atoms with Crippen molar-refractivity contribution in [3.63, 3.8) is 0 Å². The molecule has 0 spiro atoms. The normalized spacial score (nSPS) is 18.5. The number of nitrogens with one attached hydrogen (secondary N) is 2. The van der Waals surface area contributed by atoms with Gasteiger partial charge in [-0.15, -0.1) is 0 Å². The lowest BCUT2D eigenvalue weighted by Crippen LogP contribution is -2.46. The topological polar surface area (TPSA) is 107 Å². The second-order valence-electron chi connectivity index (χ2n) is 8.70. The van der Waals surface area contributed by atoms with Gasteiger partial charge < -0.3 is 20.1 Å². The molecule has 184 valence electrons. The van der Waals surface area contributed by atoms with Crippen LogP contribution in [0.1, 0.15) is 67.4 Å². The van der Waals surface area contributed by atoms with Crippen molar-refractivity contribution in [1.29, 1.82) is 0 Å². The Balaban J connectivity index is 1.54. The highest BCUT2D eigenvalue weighted by Gasteiger charge is 2.34. The number of aromatic nitrogens is 1. The molecule has 1 saturated carbocycles. The Morgan fingerprint density at radius 1 is 1.09 bits per heavy atom. The molecular formula is C26H28ClN3O5. The lowest BCUT2D eigenvalue weighted by Gasteiger charge is -2.30. The summed E-state index contributed by atoms with van der Waals surface area (Å²) in [5.74, 6) is -0.503. The average Bonchev–Trinajstić information content (AvgIpc) is 2.89. The summed E-state index contributed by atoms with van der Waals surface area (Å²) in [6.45, 7) is 2.23. The van der Waals surface area contributed by atoms with Crippen LogP contribution in [-0.2, 0) is 9.53 Å². The number of carbonyl (C=O) groups is 3. The maximum Gasteiger partial charge on any atom is 0.343 e. The zero-order chi connectivity index (χ0) is 24.8. The van der Waals surface area contributed by atoms with Crippen molar-refractivity contribution in [2.75, 3.05) is 6.61 Å². The fraction of sp³-hybridized carbons (Fsp3) is 0.385. The van der Waals surface area contributed by atoms with Gasteiger partial charge in [-0.05, 0) is 55.0 Å².